The van der Waals surface area contributed by atoms with E-state index < -0.39 is 29.7 Å². The van der Waals surface area contributed by atoms with E-state index in [9.17, 15) is 19.8 Å². The number of allylic oxidation sites excluding steroid dienone is 5. The summed E-state index contributed by atoms with van der Waals surface area (Å²) in [6.45, 7) is 3.34. The maximum absolute atomic E-state index is 15.1. The number of fused-ring (bicyclic) bond motifs is 5. The molecule has 26 heavy (non-hydrogen) atoms. The molecular weight excluding hydrogens is 335 g/mol. The van der Waals surface area contributed by atoms with E-state index in [2.05, 4.69) is 0 Å². The summed E-state index contributed by atoms with van der Waals surface area (Å²) in [4.78, 5) is 24.0. The van der Waals surface area contributed by atoms with Gasteiger partial charge in [0, 0.05) is 16.7 Å². The van der Waals surface area contributed by atoms with Crippen molar-refractivity contribution in [3.05, 3.63) is 35.5 Å². The number of aliphatic hydroxyl groups is 2. The summed E-state index contributed by atoms with van der Waals surface area (Å²) in [7, 11) is 0. The van der Waals surface area contributed by atoms with E-state index in [4.69, 9.17) is 0 Å². The van der Waals surface area contributed by atoms with Crippen molar-refractivity contribution in [1.82, 2.24) is 0 Å². The van der Waals surface area contributed by atoms with Gasteiger partial charge >= 0.3 is 0 Å². The normalized spacial score (nSPS) is 46.8. The molecule has 4 aliphatic carbocycles. The molecule has 0 spiro atoms. The number of rotatable bonds is 2. The first kappa shape index (κ1) is 17.8. The third kappa shape index (κ3) is 2.20. The number of hydrogen-bond acceptors (Lipinski definition) is 4. The Hall–Kier alpha value is -1.59. The molecule has 0 aliphatic heterocycles. The third-order valence-electron chi connectivity index (χ3n) is 7.50. The molecule has 2 N–H and O–H groups in total. The van der Waals surface area contributed by atoms with Gasteiger partial charge in [-0.25, -0.2) is 4.39 Å². The molecule has 4 rings (SSSR count). The SMILES string of the molecule is C[C@]12C=CC(=O)C=C1[C@@H](F)CC1C2[C@@H](O)C[C@]2(C)C(C(=O)CO)=CCC12. The predicted octanol–water partition coefficient (Wildman–Crippen LogP) is 2.31. The van der Waals surface area contributed by atoms with Crippen LogP contribution >= 0.6 is 0 Å². The molecule has 4 nitrogen and oxygen atoms in total. The molecule has 2 fully saturated rings. The van der Waals surface area contributed by atoms with Crippen LogP contribution in [0.5, 0.6) is 0 Å². The highest BCUT2D eigenvalue weighted by Crippen LogP contribution is 2.64. The van der Waals surface area contributed by atoms with Crippen LogP contribution in [-0.2, 0) is 9.59 Å². The number of carbonyl (C=O) groups excluding carboxylic acids is 2. The number of alkyl halides is 1. The summed E-state index contributed by atoms with van der Waals surface area (Å²) < 4.78 is 15.1. The Balaban J connectivity index is 1.76. The fourth-order valence-electron chi connectivity index (χ4n) is 6.42. The van der Waals surface area contributed by atoms with Crippen molar-refractivity contribution in [2.45, 2.75) is 45.4 Å². The molecule has 0 radical (unpaired) electrons. The van der Waals surface area contributed by atoms with Crippen molar-refractivity contribution >= 4 is 11.6 Å². The summed E-state index contributed by atoms with van der Waals surface area (Å²) in [6, 6.07) is 0. The molecule has 0 aromatic carbocycles. The second-order valence-electron chi connectivity index (χ2n) is 8.74. The molecule has 2 saturated carbocycles. The van der Waals surface area contributed by atoms with Crippen LogP contribution in [0.15, 0.2) is 35.5 Å². The molecule has 4 aliphatic rings. The van der Waals surface area contributed by atoms with Crippen molar-refractivity contribution in [1.29, 1.82) is 0 Å². The molecule has 3 unspecified atom stereocenters. The quantitative estimate of drug-likeness (QED) is 0.792. The maximum Gasteiger partial charge on any atom is 0.184 e. The number of aliphatic hydroxyl groups excluding tert-OH is 2. The van der Waals surface area contributed by atoms with Gasteiger partial charge in [0.25, 0.3) is 0 Å². The first-order valence-corrected chi connectivity index (χ1v) is 9.34. The second-order valence-corrected chi connectivity index (χ2v) is 8.74. The highest BCUT2D eigenvalue weighted by molar-refractivity contribution is 6.01. The van der Waals surface area contributed by atoms with Crippen LogP contribution in [-0.4, -0.2) is 40.7 Å². The lowest BCUT2D eigenvalue weighted by Crippen LogP contribution is -2.57. The van der Waals surface area contributed by atoms with Crippen LogP contribution in [0.2, 0.25) is 0 Å². The second kappa shape index (κ2) is 5.70. The number of hydrogen-bond donors (Lipinski definition) is 2. The van der Waals surface area contributed by atoms with E-state index >= 15 is 4.39 Å². The van der Waals surface area contributed by atoms with Crippen LogP contribution in [0.1, 0.15) is 33.1 Å². The Morgan fingerprint density at radius 1 is 1.38 bits per heavy atom. The van der Waals surface area contributed by atoms with E-state index in [0.717, 1.165) is 0 Å². The zero-order valence-electron chi connectivity index (χ0n) is 15.1. The van der Waals surface area contributed by atoms with E-state index in [1.807, 2.05) is 19.9 Å². The molecule has 140 valence electrons. The summed E-state index contributed by atoms with van der Waals surface area (Å²) >= 11 is 0. The van der Waals surface area contributed by atoms with Gasteiger partial charge in [0.05, 0.1) is 6.10 Å². The molecule has 7 atom stereocenters. The molecule has 0 heterocycles. The number of Topliss-reactive ketones (excluding diaryl/α,β-unsaturated/α-hetero) is 1. The molecule has 0 bridgehead atoms. The van der Waals surface area contributed by atoms with Crippen LogP contribution < -0.4 is 0 Å². The van der Waals surface area contributed by atoms with Gasteiger partial charge in [-0.1, -0.05) is 26.0 Å². The Labute approximate surface area is 152 Å². The van der Waals surface area contributed by atoms with Gasteiger partial charge in [0.1, 0.15) is 12.8 Å². The van der Waals surface area contributed by atoms with Gasteiger partial charge in [0.15, 0.2) is 11.6 Å². The van der Waals surface area contributed by atoms with Crippen LogP contribution in [0.4, 0.5) is 4.39 Å². The first-order chi connectivity index (χ1) is 12.2. The monoisotopic (exact) mass is 360 g/mol. The molecule has 0 aromatic heterocycles. The van der Waals surface area contributed by atoms with Crippen molar-refractivity contribution in [3.63, 3.8) is 0 Å². The fourth-order valence-corrected chi connectivity index (χ4v) is 6.42. The van der Waals surface area contributed by atoms with Crippen LogP contribution in [0, 0.1) is 28.6 Å². The predicted molar refractivity (Wildman–Crippen MR) is 93.8 cm³/mol. The number of halogens is 1. The zero-order valence-corrected chi connectivity index (χ0v) is 15.1. The average Bonchev–Trinajstić information content (AvgIpc) is 2.92. The maximum atomic E-state index is 15.1. The minimum Gasteiger partial charge on any atom is -0.393 e. The van der Waals surface area contributed by atoms with Gasteiger partial charge in [-0.2, -0.15) is 0 Å². The van der Waals surface area contributed by atoms with Gasteiger partial charge < -0.3 is 10.2 Å². The van der Waals surface area contributed by atoms with E-state index in [0.29, 0.717) is 24.0 Å². The Bertz CT molecular complexity index is 766. The van der Waals surface area contributed by atoms with Crippen molar-refractivity contribution in [3.8, 4) is 0 Å². The van der Waals surface area contributed by atoms with Crippen molar-refractivity contribution in [2.24, 2.45) is 28.6 Å². The summed E-state index contributed by atoms with van der Waals surface area (Å²) in [6.07, 6.45) is 5.94. The van der Waals surface area contributed by atoms with Crippen molar-refractivity contribution < 1.29 is 24.2 Å². The molecule has 5 heteroatoms. The van der Waals surface area contributed by atoms with E-state index in [-0.39, 0.29) is 35.7 Å². The molecule has 0 aromatic rings. The Kier molecular flexibility index (Phi) is 3.90. The van der Waals surface area contributed by atoms with Gasteiger partial charge in [-0.15, -0.1) is 0 Å². The van der Waals surface area contributed by atoms with Gasteiger partial charge in [0.2, 0.25) is 0 Å². The summed E-state index contributed by atoms with van der Waals surface area (Å²) in [5.74, 6) is -0.710. The van der Waals surface area contributed by atoms with Crippen LogP contribution in [0.25, 0.3) is 0 Å². The standard InChI is InChI=1S/C21H25FO4/c1-20-6-5-11(24)7-15(20)16(22)8-12-13-3-4-14(18(26)10-23)21(13,2)9-17(25)19(12)20/h4-7,12-13,16-17,19,23,25H,3,8-10H2,1-2H3/t12?,13?,16-,17-,19?,20-,21-/m0/s1. The van der Waals surface area contributed by atoms with E-state index in [1.165, 1.54) is 12.2 Å². The lowest BCUT2D eigenvalue weighted by Gasteiger charge is -2.58. The lowest BCUT2D eigenvalue weighted by atomic mass is 9.46. The number of carbonyl (C=O) groups is 2. The summed E-state index contributed by atoms with van der Waals surface area (Å²) in [5, 5.41) is 20.4. The Morgan fingerprint density at radius 3 is 2.81 bits per heavy atom. The average molecular weight is 360 g/mol. The van der Waals surface area contributed by atoms with Crippen LogP contribution in [0.3, 0.4) is 0 Å². The third-order valence-corrected chi connectivity index (χ3v) is 7.50. The number of ketones is 2. The highest BCUT2D eigenvalue weighted by Gasteiger charge is 2.62. The topological polar surface area (TPSA) is 74.6 Å². The largest absolute Gasteiger partial charge is 0.393 e. The first-order valence-electron chi connectivity index (χ1n) is 9.34. The molecule has 0 saturated heterocycles. The minimum atomic E-state index is -1.22. The lowest BCUT2D eigenvalue weighted by molar-refractivity contribution is -0.126. The summed E-state index contributed by atoms with van der Waals surface area (Å²) in [5.41, 5.74) is -0.155. The molecule has 0 amide bonds. The fraction of sp³-hybridized carbons (Fsp3) is 0.619. The van der Waals surface area contributed by atoms with E-state index in [1.54, 1.807) is 6.08 Å². The highest BCUT2D eigenvalue weighted by atomic mass is 19.1. The zero-order chi connectivity index (χ0) is 18.9. The van der Waals surface area contributed by atoms with Gasteiger partial charge in [-0.3, -0.25) is 9.59 Å². The minimum absolute atomic E-state index is 0.0593. The smallest absolute Gasteiger partial charge is 0.184 e. The Morgan fingerprint density at radius 2 is 2.12 bits per heavy atom. The van der Waals surface area contributed by atoms with Crippen molar-refractivity contribution in [2.75, 3.05) is 6.61 Å². The van der Waals surface area contributed by atoms with Gasteiger partial charge in [-0.05, 0) is 54.4 Å². The molecular formula is C21H25FO4.